The monoisotopic (exact) mass is 410 g/mol. The Bertz CT molecular complexity index is 864. The molecular weight excluding hydrogens is 380 g/mol. The maximum atomic E-state index is 12.7. The summed E-state index contributed by atoms with van der Waals surface area (Å²) in [4.78, 5) is 26.7. The molecule has 1 N–H and O–H groups in total. The van der Waals surface area contributed by atoms with E-state index in [1.807, 2.05) is 19.1 Å². The van der Waals surface area contributed by atoms with Crippen molar-refractivity contribution < 1.29 is 19.1 Å². The van der Waals surface area contributed by atoms with Crippen molar-refractivity contribution in [2.45, 2.75) is 39.5 Å². The highest BCUT2D eigenvalue weighted by Crippen LogP contribution is 2.32. The van der Waals surface area contributed by atoms with E-state index in [0.29, 0.717) is 43.4 Å². The summed E-state index contributed by atoms with van der Waals surface area (Å²) in [6, 6.07) is 13.5. The third-order valence-electron chi connectivity index (χ3n) is 5.09. The summed E-state index contributed by atoms with van der Waals surface area (Å²) in [5.74, 6) is 0.989. The number of nitrogens with zero attached hydrogens (tertiary/aromatic N) is 1. The van der Waals surface area contributed by atoms with Gasteiger partial charge in [-0.1, -0.05) is 37.6 Å². The van der Waals surface area contributed by atoms with Crippen LogP contribution >= 0.6 is 0 Å². The Labute approximate surface area is 178 Å². The van der Waals surface area contributed by atoms with Crippen LogP contribution in [-0.2, 0) is 22.4 Å². The van der Waals surface area contributed by atoms with Crippen LogP contribution in [0.15, 0.2) is 42.5 Å². The van der Waals surface area contributed by atoms with Gasteiger partial charge in [-0.2, -0.15) is 0 Å². The molecule has 30 heavy (non-hydrogen) atoms. The topological polar surface area (TPSA) is 67.9 Å². The lowest BCUT2D eigenvalue weighted by molar-refractivity contribution is -0.133. The summed E-state index contributed by atoms with van der Waals surface area (Å²) in [5, 5.41) is 2.83. The number of hydrogen-bond donors (Lipinski definition) is 1. The van der Waals surface area contributed by atoms with Crippen molar-refractivity contribution in [1.82, 2.24) is 4.90 Å². The second-order valence-corrected chi connectivity index (χ2v) is 7.41. The Morgan fingerprint density at radius 1 is 0.967 bits per heavy atom. The first kappa shape index (κ1) is 21.7. The molecule has 6 nitrogen and oxygen atoms in total. The Balaban J connectivity index is 1.53. The van der Waals surface area contributed by atoms with E-state index in [0.717, 1.165) is 12.0 Å². The number of likely N-dealkylation sites (N-methyl/N-ethyl adjacent to an activating group) is 1. The van der Waals surface area contributed by atoms with Gasteiger partial charge < -0.3 is 19.7 Å². The zero-order valence-corrected chi connectivity index (χ0v) is 17.8. The van der Waals surface area contributed by atoms with E-state index < -0.39 is 0 Å². The molecule has 0 aromatic heterocycles. The van der Waals surface area contributed by atoms with E-state index in [4.69, 9.17) is 9.47 Å². The number of rotatable bonds is 9. The summed E-state index contributed by atoms with van der Waals surface area (Å²) >= 11 is 0. The number of hydrogen-bond acceptors (Lipinski definition) is 4. The number of nitrogens with one attached hydrogen (secondary N) is 1. The van der Waals surface area contributed by atoms with Crippen molar-refractivity contribution in [2.75, 3.05) is 31.6 Å². The first-order valence-electron chi connectivity index (χ1n) is 10.6. The van der Waals surface area contributed by atoms with Crippen LogP contribution in [0.3, 0.4) is 0 Å². The number of benzene rings is 2. The van der Waals surface area contributed by atoms with Gasteiger partial charge in [0.1, 0.15) is 13.2 Å². The van der Waals surface area contributed by atoms with Crippen molar-refractivity contribution in [1.29, 1.82) is 0 Å². The van der Waals surface area contributed by atoms with Gasteiger partial charge in [0.05, 0.1) is 13.0 Å². The molecule has 160 valence electrons. The van der Waals surface area contributed by atoms with Crippen LogP contribution in [0.5, 0.6) is 11.5 Å². The highest BCUT2D eigenvalue weighted by atomic mass is 16.6. The maximum Gasteiger partial charge on any atom is 0.243 e. The first-order valence-corrected chi connectivity index (χ1v) is 10.6. The molecule has 3 rings (SSSR count). The van der Waals surface area contributed by atoms with Crippen molar-refractivity contribution in [3.8, 4) is 11.5 Å². The second kappa shape index (κ2) is 10.7. The van der Waals surface area contributed by atoms with Crippen LogP contribution in [0.25, 0.3) is 0 Å². The maximum absolute atomic E-state index is 12.7. The van der Waals surface area contributed by atoms with Gasteiger partial charge in [0.15, 0.2) is 11.5 Å². The van der Waals surface area contributed by atoms with Gasteiger partial charge in [0.25, 0.3) is 0 Å². The second-order valence-electron chi connectivity index (χ2n) is 7.41. The fourth-order valence-electron chi connectivity index (χ4n) is 3.36. The van der Waals surface area contributed by atoms with E-state index in [1.54, 1.807) is 23.1 Å². The van der Waals surface area contributed by atoms with Crippen molar-refractivity contribution in [3.63, 3.8) is 0 Å². The summed E-state index contributed by atoms with van der Waals surface area (Å²) in [5.41, 5.74) is 2.88. The van der Waals surface area contributed by atoms with Gasteiger partial charge >= 0.3 is 0 Å². The fraction of sp³-hybridized carbons (Fsp3) is 0.417. The molecule has 0 bridgehead atoms. The summed E-state index contributed by atoms with van der Waals surface area (Å²) in [6.07, 6.45) is 3.69. The van der Waals surface area contributed by atoms with Crippen molar-refractivity contribution in [3.05, 3.63) is 53.6 Å². The molecular formula is C24H30N2O4. The molecule has 0 spiro atoms. The number of amides is 2. The normalized spacial score (nSPS) is 12.3. The quantitative estimate of drug-likeness (QED) is 0.682. The first-order chi connectivity index (χ1) is 14.6. The van der Waals surface area contributed by atoms with Gasteiger partial charge in [0.2, 0.25) is 11.8 Å². The number of carbonyl (C=O) groups excluding carboxylic acids is 2. The predicted octanol–water partition coefficient (Wildman–Crippen LogP) is 3.83. The lowest BCUT2D eigenvalue weighted by Gasteiger charge is -2.21. The highest BCUT2D eigenvalue weighted by Gasteiger charge is 2.17. The van der Waals surface area contributed by atoms with Crippen LogP contribution in [0.1, 0.15) is 37.8 Å². The number of anilines is 1. The Morgan fingerprint density at radius 3 is 2.37 bits per heavy atom. The van der Waals surface area contributed by atoms with E-state index in [2.05, 4.69) is 24.4 Å². The molecule has 0 fully saturated rings. The molecule has 2 aromatic carbocycles. The molecule has 0 atom stereocenters. The van der Waals surface area contributed by atoms with Gasteiger partial charge in [-0.15, -0.1) is 0 Å². The fourth-order valence-corrected chi connectivity index (χ4v) is 3.36. The zero-order valence-electron chi connectivity index (χ0n) is 17.8. The highest BCUT2D eigenvalue weighted by molar-refractivity contribution is 5.95. The predicted molar refractivity (Wildman–Crippen MR) is 117 cm³/mol. The number of carbonyl (C=O) groups is 2. The summed E-state index contributed by atoms with van der Waals surface area (Å²) in [7, 11) is 0. The zero-order chi connectivity index (χ0) is 21.3. The number of fused-ring (bicyclic) bond motifs is 1. The van der Waals surface area contributed by atoms with Gasteiger partial charge in [-0.25, -0.2) is 0 Å². The third-order valence-corrected chi connectivity index (χ3v) is 5.09. The van der Waals surface area contributed by atoms with E-state index in [9.17, 15) is 9.59 Å². The number of ether oxygens (including phenoxy) is 2. The number of aryl methyl sites for hydroxylation is 1. The minimum atomic E-state index is -0.239. The molecule has 0 saturated carbocycles. The van der Waals surface area contributed by atoms with E-state index in [-0.39, 0.29) is 18.4 Å². The van der Waals surface area contributed by atoms with Crippen LogP contribution in [0.2, 0.25) is 0 Å². The smallest absolute Gasteiger partial charge is 0.243 e. The van der Waals surface area contributed by atoms with Gasteiger partial charge in [-0.3, -0.25) is 9.59 Å². The van der Waals surface area contributed by atoms with Gasteiger partial charge in [-0.05, 0) is 43.0 Å². The minimum absolute atomic E-state index is 0.0123. The molecule has 2 amide bonds. The van der Waals surface area contributed by atoms with Gasteiger partial charge in [0, 0.05) is 18.3 Å². The van der Waals surface area contributed by atoms with Crippen LogP contribution in [0.4, 0.5) is 5.69 Å². The van der Waals surface area contributed by atoms with Crippen molar-refractivity contribution in [2.24, 2.45) is 0 Å². The summed E-state index contributed by atoms with van der Waals surface area (Å²) in [6.45, 7) is 5.55. The molecule has 2 aromatic rings. The van der Waals surface area contributed by atoms with Crippen LogP contribution < -0.4 is 14.8 Å². The van der Waals surface area contributed by atoms with E-state index >= 15 is 0 Å². The van der Waals surface area contributed by atoms with Crippen LogP contribution in [0, 0.1) is 0 Å². The average molecular weight is 411 g/mol. The molecule has 1 heterocycles. The molecule has 0 radical (unpaired) electrons. The average Bonchev–Trinajstić information content (AvgIpc) is 2.76. The van der Waals surface area contributed by atoms with Crippen molar-refractivity contribution >= 4 is 17.5 Å². The Kier molecular flexibility index (Phi) is 7.71. The third kappa shape index (κ3) is 5.99. The van der Waals surface area contributed by atoms with E-state index in [1.165, 1.54) is 18.4 Å². The standard InChI is InChI=1S/C24H30N2O4/c1-3-5-6-18-7-9-19(10-8-18)15-24(28)26(4-2)17-23(27)25-20-11-12-21-22(16-20)30-14-13-29-21/h7-12,16H,3-6,13-15,17H2,1-2H3,(H,25,27). The lowest BCUT2D eigenvalue weighted by atomic mass is 10.0. The minimum Gasteiger partial charge on any atom is -0.486 e. The molecule has 1 aliphatic heterocycles. The lowest BCUT2D eigenvalue weighted by Crippen LogP contribution is -2.38. The molecule has 1 aliphatic rings. The largest absolute Gasteiger partial charge is 0.486 e. The molecule has 6 heteroatoms. The summed E-state index contributed by atoms with van der Waals surface area (Å²) < 4.78 is 11.0. The molecule has 0 unspecified atom stereocenters. The Hall–Kier alpha value is -3.02. The SMILES string of the molecule is CCCCc1ccc(CC(=O)N(CC)CC(=O)Nc2ccc3c(c2)OCCO3)cc1. The molecule has 0 saturated heterocycles. The Morgan fingerprint density at radius 2 is 1.67 bits per heavy atom. The molecule has 0 aliphatic carbocycles. The number of unbranched alkanes of at least 4 members (excludes halogenated alkanes) is 1. The van der Waals surface area contributed by atoms with Crippen LogP contribution in [-0.4, -0.2) is 43.0 Å².